The maximum absolute atomic E-state index is 11.1. The van der Waals surface area contributed by atoms with E-state index in [1.165, 1.54) is 0 Å². The monoisotopic (exact) mass is 312 g/mol. The largest absolute Gasteiger partial charge is 0.463 e. The highest BCUT2D eigenvalue weighted by Crippen LogP contribution is 2.00. The van der Waals surface area contributed by atoms with Gasteiger partial charge in [0.1, 0.15) is 6.61 Å². The fraction of sp³-hybridized carbons (Fsp3) is 0.909. The van der Waals surface area contributed by atoms with Crippen LogP contribution in [0.15, 0.2) is 0 Å². The van der Waals surface area contributed by atoms with Crippen molar-refractivity contribution in [3.05, 3.63) is 0 Å². The fourth-order valence-electron chi connectivity index (χ4n) is 1.04. The van der Waals surface area contributed by atoms with Gasteiger partial charge < -0.3 is 19.3 Å². The third-order valence-corrected chi connectivity index (χ3v) is 2.42. The molecule has 0 rings (SSSR count). The predicted octanol–water partition coefficient (Wildman–Crippen LogP) is 1.12. The molecule has 0 amide bonds. The zero-order valence-corrected chi connectivity index (χ0v) is 11.6. The lowest BCUT2D eigenvalue weighted by molar-refractivity contribution is -0.145. The first-order chi connectivity index (χ1) is 8.31. The number of hydrogen-bond donors (Lipinski definition) is 1. The maximum Gasteiger partial charge on any atom is 0.305 e. The lowest BCUT2D eigenvalue weighted by Gasteiger charge is -2.06. The van der Waals surface area contributed by atoms with Crippen LogP contribution in [0.1, 0.15) is 19.3 Å². The molecule has 0 aliphatic carbocycles. The Morgan fingerprint density at radius 1 is 1.00 bits per heavy atom. The van der Waals surface area contributed by atoms with Crippen LogP contribution in [0.4, 0.5) is 0 Å². The van der Waals surface area contributed by atoms with Crippen molar-refractivity contribution in [1.82, 2.24) is 0 Å². The molecule has 0 bridgehead atoms. The van der Waals surface area contributed by atoms with Crippen LogP contribution >= 0.6 is 15.9 Å². The van der Waals surface area contributed by atoms with Gasteiger partial charge in [0.05, 0.1) is 33.0 Å². The molecule has 6 heteroatoms. The van der Waals surface area contributed by atoms with Crippen molar-refractivity contribution in [3.63, 3.8) is 0 Å². The molecule has 0 saturated carbocycles. The second kappa shape index (κ2) is 13.9. The average molecular weight is 313 g/mol. The summed E-state index contributed by atoms with van der Waals surface area (Å²) in [7, 11) is 0. The van der Waals surface area contributed by atoms with Gasteiger partial charge in [0.25, 0.3) is 0 Å². The molecule has 0 aliphatic rings. The summed E-state index contributed by atoms with van der Waals surface area (Å²) in [5, 5.41) is 9.34. The molecule has 0 spiro atoms. The van der Waals surface area contributed by atoms with Crippen molar-refractivity contribution < 1.29 is 24.1 Å². The van der Waals surface area contributed by atoms with E-state index in [1.54, 1.807) is 0 Å². The topological polar surface area (TPSA) is 65.0 Å². The molecule has 1 N–H and O–H groups in total. The summed E-state index contributed by atoms with van der Waals surface area (Å²) in [4.78, 5) is 11.1. The molecule has 0 heterocycles. The number of rotatable bonds is 12. The minimum atomic E-state index is -0.175. The average Bonchev–Trinajstić information content (AvgIpc) is 2.33. The second-order valence-electron chi connectivity index (χ2n) is 3.31. The summed E-state index contributed by atoms with van der Waals surface area (Å²) in [6.07, 6.45) is 2.29. The van der Waals surface area contributed by atoms with Crippen LogP contribution in [0.5, 0.6) is 0 Å². The SMILES string of the molecule is O=C(CCCCBr)OCCOCCOCCO. The Morgan fingerprint density at radius 2 is 1.65 bits per heavy atom. The van der Waals surface area contributed by atoms with Crippen LogP contribution in [0.2, 0.25) is 0 Å². The lowest BCUT2D eigenvalue weighted by atomic mass is 10.2. The number of unbranched alkanes of at least 4 members (excludes halogenated alkanes) is 1. The number of carbonyl (C=O) groups excluding carboxylic acids is 1. The third kappa shape index (κ3) is 13.8. The Hall–Kier alpha value is -0.170. The summed E-state index contributed by atoms with van der Waals surface area (Å²) >= 11 is 3.30. The van der Waals surface area contributed by atoms with Gasteiger partial charge in [-0.05, 0) is 12.8 Å². The summed E-state index contributed by atoms with van der Waals surface area (Å²) in [6, 6.07) is 0. The van der Waals surface area contributed by atoms with Gasteiger partial charge in [0.15, 0.2) is 0 Å². The van der Waals surface area contributed by atoms with Gasteiger partial charge in [0, 0.05) is 11.8 Å². The van der Waals surface area contributed by atoms with Crippen LogP contribution in [0.3, 0.4) is 0 Å². The first-order valence-corrected chi connectivity index (χ1v) is 6.91. The van der Waals surface area contributed by atoms with Crippen molar-refractivity contribution in [2.45, 2.75) is 19.3 Å². The van der Waals surface area contributed by atoms with Gasteiger partial charge in [-0.15, -0.1) is 0 Å². The molecule has 102 valence electrons. The molecule has 5 nitrogen and oxygen atoms in total. The summed E-state index contributed by atoms with van der Waals surface area (Å²) < 4.78 is 15.1. The number of halogens is 1. The van der Waals surface area contributed by atoms with Crippen molar-refractivity contribution in [2.75, 3.05) is 45.0 Å². The molecule has 0 unspecified atom stereocenters. The van der Waals surface area contributed by atoms with Crippen LogP contribution in [0.25, 0.3) is 0 Å². The fourth-order valence-corrected chi connectivity index (χ4v) is 1.43. The van der Waals surface area contributed by atoms with Gasteiger partial charge in [-0.25, -0.2) is 0 Å². The number of carbonyl (C=O) groups is 1. The molecule has 0 aromatic rings. The van der Waals surface area contributed by atoms with E-state index >= 15 is 0 Å². The molecular weight excluding hydrogens is 292 g/mol. The number of esters is 1. The van der Waals surface area contributed by atoms with Gasteiger partial charge in [-0.3, -0.25) is 4.79 Å². The molecular formula is C11H21BrO5. The first kappa shape index (κ1) is 16.8. The first-order valence-electron chi connectivity index (χ1n) is 5.79. The quantitative estimate of drug-likeness (QED) is 0.332. The molecule has 0 aromatic carbocycles. The lowest BCUT2D eigenvalue weighted by Crippen LogP contribution is -2.13. The normalized spacial score (nSPS) is 10.5. The van der Waals surface area contributed by atoms with Crippen molar-refractivity contribution in [1.29, 1.82) is 0 Å². The molecule has 0 saturated heterocycles. The van der Waals surface area contributed by atoms with E-state index < -0.39 is 0 Å². The Bertz CT molecular complexity index is 177. The third-order valence-electron chi connectivity index (χ3n) is 1.86. The number of ether oxygens (including phenoxy) is 3. The Balaban J connectivity index is 3.08. The molecule has 0 fully saturated rings. The Morgan fingerprint density at radius 3 is 2.29 bits per heavy atom. The van der Waals surface area contributed by atoms with Gasteiger partial charge in [0.2, 0.25) is 0 Å². The molecule has 0 atom stereocenters. The summed E-state index contributed by atoms with van der Waals surface area (Å²) in [5.41, 5.74) is 0. The van der Waals surface area contributed by atoms with Crippen molar-refractivity contribution in [3.8, 4) is 0 Å². The number of hydrogen-bond acceptors (Lipinski definition) is 5. The van der Waals surface area contributed by atoms with Gasteiger partial charge in [-0.1, -0.05) is 15.9 Å². The van der Waals surface area contributed by atoms with Crippen LogP contribution in [-0.4, -0.2) is 56.0 Å². The molecule has 0 aromatic heterocycles. The van der Waals surface area contributed by atoms with E-state index in [-0.39, 0.29) is 19.2 Å². The van der Waals surface area contributed by atoms with E-state index in [9.17, 15) is 4.79 Å². The van der Waals surface area contributed by atoms with E-state index in [1.807, 2.05) is 0 Å². The number of aliphatic hydroxyl groups excluding tert-OH is 1. The van der Waals surface area contributed by atoms with E-state index in [0.29, 0.717) is 32.8 Å². The molecule has 17 heavy (non-hydrogen) atoms. The van der Waals surface area contributed by atoms with E-state index in [4.69, 9.17) is 19.3 Å². The second-order valence-corrected chi connectivity index (χ2v) is 4.11. The minimum Gasteiger partial charge on any atom is -0.463 e. The highest BCUT2D eigenvalue weighted by atomic mass is 79.9. The standard InChI is InChI=1S/C11H21BrO5/c12-4-2-1-3-11(14)17-10-9-16-8-7-15-6-5-13/h13H,1-10H2. The van der Waals surface area contributed by atoms with Crippen LogP contribution in [0, 0.1) is 0 Å². The zero-order chi connectivity index (χ0) is 12.8. The maximum atomic E-state index is 11.1. The zero-order valence-electron chi connectivity index (χ0n) is 10.0. The molecule has 0 radical (unpaired) electrons. The summed E-state index contributed by atoms with van der Waals surface area (Å²) in [6.45, 7) is 1.90. The number of aliphatic hydroxyl groups is 1. The van der Waals surface area contributed by atoms with Gasteiger partial charge >= 0.3 is 5.97 Å². The van der Waals surface area contributed by atoms with E-state index in [2.05, 4.69) is 15.9 Å². The highest BCUT2D eigenvalue weighted by Gasteiger charge is 2.01. The van der Waals surface area contributed by atoms with Crippen molar-refractivity contribution in [2.24, 2.45) is 0 Å². The summed E-state index contributed by atoms with van der Waals surface area (Å²) in [5.74, 6) is -0.175. The van der Waals surface area contributed by atoms with E-state index in [0.717, 1.165) is 18.2 Å². The van der Waals surface area contributed by atoms with Crippen LogP contribution < -0.4 is 0 Å². The van der Waals surface area contributed by atoms with Crippen LogP contribution in [-0.2, 0) is 19.0 Å². The Labute approximate surface area is 111 Å². The minimum absolute atomic E-state index is 0.0199. The number of alkyl halides is 1. The smallest absolute Gasteiger partial charge is 0.305 e. The van der Waals surface area contributed by atoms with Gasteiger partial charge in [-0.2, -0.15) is 0 Å². The van der Waals surface area contributed by atoms with Crippen molar-refractivity contribution >= 4 is 21.9 Å². The highest BCUT2D eigenvalue weighted by molar-refractivity contribution is 9.09. The Kier molecular flexibility index (Phi) is 13.8. The molecule has 0 aliphatic heterocycles. The predicted molar refractivity (Wildman–Crippen MR) is 67.3 cm³/mol.